The molecule has 1 N–H and O–H groups in total. The molecular weight excluding hydrogens is 481 g/mol. The van der Waals surface area contributed by atoms with E-state index in [0.29, 0.717) is 5.82 Å². The molecule has 0 bridgehead atoms. The van der Waals surface area contributed by atoms with E-state index in [0.717, 1.165) is 59.6 Å². The summed E-state index contributed by atoms with van der Waals surface area (Å²) in [4.78, 5) is 6.77. The minimum absolute atomic E-state index is 0.108. The van der Waals surface area contributed by atoms with E-state index < -0.39 is 0 Å². The number of benzene rings is 1. The molecule has 0 aliphatic carbocycles. The van der Waals surface area contributed by atoms with Gasteiger partial charge in [-0.05, 0) is 87.8 Å². The van der Waals surface area contributed by atoms with E-state index in [1.54, 1.807) is 6.08 Å². The Morgan fingerprint density at radius 2 is 1.64 bits per heavy atom. The molecule has 216 valence electrons. The van der Waals surface area contributed by atoms with Crippen LogP contribution in [-0.4, -0.2) is 24.2 Å². The number of anilines is 1. The zero-order chi connectivity index (χ0) is 30.3. The molecule has 4 heteroatoms. The maximum Gasteiger partial charge on any atom is 0.123 e. The summed E-state index contributed by atoms with van der Waals surface area (Å²) in [7, 11) is 2.04. The molecule has 0 atom stereocenters. The number of nitrogens with zero attached hydrogens (tertiary/aromatic N) is 2. The second-order valence-corrected chi connectivity index (χ2v) is 10.9. The van der Waals surface area contributed by atoms with Crippen LogP contribution in [0.4, 0.5) is 10.1 Å². The summed E-state index contributed by atoms with van der Waals surface area (Å²) in [6.07, 6.45) is 8.51. The van der Waals surface area contributed by atoms with Crippen molar-refractivity contribution in [3.05, 3.63) is 101 Å². The molecule has 0 spiro atoms. The molecule has 0 aromatic heterocycles. The van der Waals surface area contributed by atoms with Gasteiger partial charge in [0.2, 0.25) is 0 Å². The number of halogens is 1. The SMILES string of the molecule is C=C(/N=C(C)\C(=C/C)C(=C)N(C)CC)Nc1ccc(CC)c(CCC)c1.C=C(C)/C=C\C(F)=C(/C)C(C)(C)C. The highest BCUT2D eigenvalue weighted by Gasteiger charge is 2.15. The van der Waals surface area contributed by atoms with Gasteiger partial charge in [0.1, 0.15) is 11.6 Å². The van der Waals surface area contributed by atoms with E-state index in [2.05, 4.69) is 80.0 Å². The summed E-state index contributed by atoms with van der Waals surface area (Å²) in [5.41, 5.74) is 8.31. The van der Waals surface area contributed by atoms with E-state index in [9.17, 15) is 4.39 Å². The van der Waals surface area contributed by atoms with Gasteiger partial charge in [-0.15, -0.1) is 0 Å². The predicted octanol–water partition coefficient (Wildman–Crippen LogP) is 10.4. The van der Waals surface area contributed by atoms with E-state index in [1.165, 1.54) is 17.2 Å². The monoisotopic (exact) mass is 535 g/mol. The van der Waals surface area contributed by atoms with Crippen molar-refractivity contribution in [3.63, 3.8) is 0 Å². The molecule has 0 aliphatic rings. The molecule has 3 nitrogen and oxygen atoms in total. The first-order chi connectivity index (χ1) is 18.1. The fraction of sp³-hybridized carbons (Fsp3) is 0.457. The average Bonchev–Trinajstić information content (AvgIpc) is 2.86. The molecule has 0 fully saturated rings. The number of hydrogen-bond donors (Lipinski definition) is 1. The molecule has 1 rings (SSSR count). The summed E-state index contributed by atoms with van der Waals surface area (Å²) >= 11 is 0. The summed E-state index contributed by atoms with van der Waals surface area (Å²) in [6, 6.07) is 6.53. The van der Waals surface area contributed by atoms with Gasteiger partial charge in [-0.25, -0.2) is 9.38 Å². The highest BCUT2D eigenvalue weighted by Crippen LogP contribution is 2.28. The molecule has 39 heavy (non-hydrogen) atoms. The lowest BCUT2D eigenvalue weighted by atomic mass is 9.87. The van der Waals surface area contributed by atoms with Crippen LogP contribution in [0.15, 0.2) is 95.2 Å². The van der Waals surface area contributed by atoms with Crippen molar-refractivity contribution in [2.45, 2.75) is 88.5 Å². The Bertz CT molecular complexity index is 1110. The van der Waals surface area contributed by atoms with Crippen molar-refractivity contribution in [2.24, 2.45) is 10.4 Å². The van der Waals surface area contributed by atoms with Gasteiger partial charge in [0.15, 0.2) is 0 Å². The Balaban J connectivity index is 0.000000935. The van der Waals surface area contributed by atoms with Gasteiger partial charge in [-0.3, -0.25) is 0 Å². The largest absolute Gasteiger partial charge is 0.375 e. The third kappa shape index (κ3) is 13.0. The van der Waals surface area contributed by atoms with E-state index in [1.807, 2.05) is 55.5 Å². The molecule has 0 heterocycles. The Morgan fingerprint density at radius 1 is 1.03 bits per heavy atom. The Labute approximate surface area is 239 Å². The van der Waals surface area contributed by atoms with Crippen LogP contribution in [0.1, 0.15) is 86.8 Å². The number of hydrogen-bond acceptors (Lipinski definition) is 3. The number of rotatable bonds is 12. The van der Waals surface area contributed by atoms with Crippen LogP contribution in [0.5, 0.6) is 0 Å². The molecule has 0 aliphatic heterocycles. The van der Waals surface area contributed by atoms with Crippen LogP contribution in [0.2, 0.25) is 0 Å². The predicted molar refractivity (Wildman–Crippen MR) is 174 cm³/mol. The topological polar surface area (TPSA) is 27.6 Å². The fourth-order valence-corrected chi connectivity index (χ4v) is 3.69. The van der Waals surface area contributed by atoms with Gasteiger partial charge in [0.05, 0.1) is 0 Å². The highest BCUT2D eigenvalue weighted by atomic mass is 19.1. The lowest BCUT2D eigenvalue weighted by Crippen LogP contribution is -2.20. The van der Waals surface area contributed by atoms with Gasteiger partial charge in [0, 0.05) is 36.3 Å². The van der Waals surface area contributed by atoms with Crippen molar-refractivity contribution >= 4 is 11.4 Å². The number of nitrogens with one attached hydrogen (secondary N) is 1. The van der Waals surface area contributed by atoms with Gasteiger partial charge >= 0.3 is 0 Å². The van der Waals surface area contributed by atoms with Crippen molar-refractivity contribution < 1.29 is 4.39 Å². The smallest absolute Gasteiger partial charge is 0.123 e. The zero-order valence-corrected chi connectivity index (χ0v) is 26.7. The normalized spacial score (nSPS) is 12.9. The Hall–Kier alpha value is -3.14. The second kappa shape index (κ2) is 17.4. The van der Waals surface area contributed by atoms with Crippen LogP contribution in [0, 0.1) is 5.41 Å². The van der Waals surface area contributed by atoms with E-state index >= 15 is 0 Å². The molecule has 1 aromatic carbocycles. The standard InChI is InChI=1S/C23H35N3.C12H19F/c1-9-13-21-16-22(15-14-20(21)10-2)25-19(7)24-17(5)23(11-3)18(6)26(8)12-4;1-9(2)7-8-11(13)10(3)12(4,5)6/h11,14-16,25H,6-7,9-10,12-13H2,1-5,8H3;7-8H,1H2,2-6H3/b23-11+,24-17-;8-7-,11-10-. The molecular formula is C35H54FN3. The van der Waals surface area contributed by atoms with Gasteiger partial charge < -0.3 is 10.2 Å². The van der Waals surface area contributed by atoms with Gasteiger partial charge in [0.25, 0.3) is 0 Å². The minimum atomic E-state index is -0.157. The molecule has 0 saturated carbocycles. The van der Waals surface area contributed by atoms with Crippen molar-refractivity contribution in [3.8, 4) is 0 Å². The molecule has 0 radical (unpaired) electrons. The number of aryl methyl sites for hydroxylation is 2. The van der Waals surface area contributed by atoms with Gasteiger partial charge in [-0.2, -0.15) is 0 Å². The van der Waals surface area contributed by atoms with Crippen LogP contribution in [-0.2, 0) is 12.8 Å². The minimum Gasteiger partial charge on any atom is -0.375 e. The first-order valence-electron chi connectivity index (χ1n) is 14.0. The lowest BCUT2D eigenvalue weighted by Gasteiger charge is -2.22. The van der Waals surface area contributed by atoms with Gasteiger partial charge in [-0.1, -0.05) is 84.6 Å². The highest BCUT2D eigenvalue weighted by molar-refractivity contribution is 6.02. The lowest BCUT2D eigenvalue weighted by molar-refractivity contribution is 0.455. The third-order valence-corrected chi connectivity index (χ3v) is 6.62. The zero-order valence-electron chi connectivity index (χ0n) is 26.7. The van der Waals surface area contributed by atoms with Crippen LogP contribution < -0.4 is 5.32 Å². The summed E-state index contributed by atoms with van der Waals surface area (Å²) in [5, 5.41) is 3.33. The molecule has 1 aromatic rings. The first kappa shape index (κ1) is 35.9. The summed E-state index contributed by atoms with van der Waals surface area (Å²) in [5.74, 6) is 0.482. The van der Waals surface area contributed by atoms with Crippen LogP contribution in [0.3, 0.4) is 0 Å². The van der Waals surface area contributed by atoms with Crippen molar-refractivity contribution in [1.29, 1.82) is 0 Å². The summed E-state index contributed by atoms with van der Waals surface area (Å²) in [6.45, 7) is 33.0. The Morgan fingerprint density at radius 3 is 2.10 bits per heavy atom. The quantitative estimate of drug-likeness (QED) is 0.213. The van der Waals surface area contributed by atoms with E-state index in [4.69, 9.17) is 0 Å². The van der Waals surface area contributed by atoms with E-state index in [-0.39, 0.29) is 11.2 Å². The fourth-order valence-electron chi connectivity index (χ4n) is 3.69. The maximum atomic E-state index is 13.4. The summed E-state index contributed by atoms with van der Waals surface area (Å²) < 4.78 is 13.4. The van der Waals surface area contributed by atoms with Crippen molar-refractivity contribution in [1.82, 2.24) is 4.90 Å². The average molecular weight is 536 g/mol. The first-order valence-corrected chi connectivity index (χ1v) is 14.0. The molecule has 0 saturated heterocycles. The third-order valence-electron chi connectivity index (χ3n) is 6.62. The van der Waals surface area contributed by atoms with Crippen LogP contribution >= 0.6 is 0 Å². The number of likely N-dealkylation sites (N-methyl/N-ethyl adjacent to an activating group) is 1. The number of aliphatic imine (C=N–C) groups is 1. The number of allylic oxidation sites excluding steroid dienone is 7. The second-order valence-electron chi connectivity index (χ2n) is 10.9. The van der Waals surface area contributed by atoms with Crippen molar-refractivity contribution in [2.75, 3.05) is 18.9 Å². The maximum absolute atomic E-state index is 13.4. The molecule has 0 unspecified atom stereocenters. The molecule has 0 amide bonds. The Kier molecular flexibility index (Phi) is 16.0. The van der Waals surface area contributed by atoms with Crippen LogP contribution in [0.25, 0.3) is 0 Å².